The first-order chi connectivity index (χ1) is 11.6. The van der Waals surface area contributed by atoms with Crippen molar-refractivity contribution in [3.63, 3.8) is 0 Å². The van der Waals surface area contributed by atoms with E-state index in [1.165, 1.54) is 12.8 Å². The molecule has 0 aromatic heterocycles. The monoisotopic (exact) mass is 395 g/mol. The first-order valence-corrected chi connectivity index (χ1v) is 9.49. The fourth-order valence-corrected chi connectivity index (χ4v) is 5.09. The van der Waals surface area contributed by atoms with Gasteiger partial charge in [0.05, 0.1) is 4.47 Å². The van der Waals surface area contributed by atoms with Crippen LogP contribution < -0.4 is 9.47 Å². The summed E-state index contributed by atoms with van der Waals surface area (Å²) in [6, 6.07) is 4.05. The number of halogens is 1. The molecule has 1 saturated carbocycles. The number of likely N-dealkylation sites (tertiary alicyclic amines) is 1. The summed E-state index contributed by atoms with van der Waals surface area (Å²) < 4.78 is 12.2. The Hall–Kier alpha value is -1.27. The van der Waals surface area contributed by atoms with Gasteiger partial charge in [0.15, 0.2) is 11.5 Å². The minimum absolute atomic E-state index is 0.370. The number of carboxylic acids is 1. The highest BCUT2D eigenvalue weighted by molar-refractivity contribution is 9.10. The van der Waals surface area contributed by atoms with Crippen LogP contribution in [0.25, 0.3) is 0 Å². The van der Waals surface area contributed by atoms with Gasteiger partial charge in [0.2, 0.25) is 0 Å². The summed E-state index contributed by atoms with van der Waals surface area (Å²) in [5.74, 6) is 1.33. The van der Waals surface area contributed by atoms with Gasteiger partial charge in [0, 0.05) is 12.6 Å². The van der Waals surface area contributed by atoms with Crippen molar-refractivity contribution < 1.29 is 19.4 Å². The Balaban J connectivity index is 1.60. The predicted octanol–water partition coefficient (Wildman–Crippen LogP) is 3.44. The molecule has 0 radical (unpaired) electrons. The minimum Gasteiger partial charge on any atom is -0.486 e. The maximum absolute atomic E-state index is 11.7. The highest BCUT2D eigenvalue weighted by Gasteiger charge is 2.45. The molecular formula is C18H22BrNO4. The second-order valence-electron chi connectivity index (χ2n) is 6.98. The molecule has 4 rings (SSSR count). The summed E-state index contributed by atoms with van der Waals surface area (Å²) in [5.41, 5.74) is 1.07. The van der Waals surface area contributed by atoms with Gasteiger partial charge < -0.3 is 14.6 Å². The number of carboxylic acid groups (broad SMARTS) is 1. The molecule has 6 heteroatoms. The van der Waals surface area contributed by atoms with Crippen molar-refractivity contribution in [1.82, 2.24) is 4.90 Å². The molecule has 5 nitrogen and oxygen atoms in total. The lowest BCUT2D eigenvalue weighted by Crippen LogP contribution is -2.41. The average Bonchev–Trinajstić information content (AvgIpc) is 2.94. The third-order valence-electron chi connectivity index (χ3n) is 5.53. The number of ether oxygens (including phenoxy) is 2. The molecule has 3 aliphatic rings. The average molecular weight is 396 g/mol. The zero-order valence-electron chi connectivity index (χ0n) is 13.5. The lowest BCUT2D eigenvalue weighted by molar-refractivity contribution is -0.142. The molecule has 2 fully saturated rings. The predicted molar refractivity (Wildman–Crippen MR) is 92.5 cm³/mol. The van der Waals surface area contributed by atoms with Crippen LogP contribution in [0, 0.1) is 5.92 Å². The smallest absolute Gasteiger partial charge is 0.320 e. The number of aliphatic carboxylic acids is 1. The molecule has 2 heterocycles. The summed E-state index contributed by atoms with van der Waals surface area (Å²) in [7, 11) is 0. The zero-order chi connectivity index (χ0) is 16.7. The molecule has 0 amide bonds. The van der Waals surface area contributed by atoms with E-state index in [0.29, 0.717) is 31.7 Å². The Morgan fingerprint density at radius 2 is 2.04 bits per heavy atom. The SMILES string of the molecule is O=C(O)C1CC2CCCCC2N1Cc1cc(Br)c2c(c1)OCCO2. The van der Waals surface area contributed by atoms with Crippen molar-refractivity contribution in [2.24, 2.45) is 5.92 Å². The van der Waals surface area contributed by atoms with Crippen molar-refractivity contribution in [3.05, 3.63) is 22.2 Å². The lowest BCUT2D eigenvalue weighted by Gasteiger charge is -2.33. The summed E-state index contributed by atoms with van der Waals surface area (Å²) in [6.45, 7) is 1.75. The molecule has 3 atom stereocenters. The van der Waals surface area contributed by atoms with Crippen LogP contribution >= 0.6 is 15.9 Å². The van der Waals surface area contributed by atoms with Crippen LogP contribution in [0.3, 0.4) is 0 Å². The summed E-state index contributed by atoms with van der Waals surface area (Å²) in [4.78, 5) is 13.9. The number of carbonyl (C=O) groups is 1. The summed E-state index contributed by atoms with van der Waals surface area (Å²) >= 11 is 3.56. The van der Waals surface area contributed by atoms with Crippen molar-refractivity contribution in [2.75, 3.05) is 13.2 Å². The molecule has 1 N–H and O–H groups in total. The molecule has 0 bridgehead atoms. The number of benzene rings is 1. The van der Waals surface area contributed by atoms with E-state index in [1.54, 1.807) is 0 Å². The molecule has 0 spiro atoms. The standard InChI is InChI=1S/C18H22BrNO4/c19-13-7-11(8-16-17(13)24-6-5-23-16)10-20-14-4-2-1-3-12(14)9-15(20)18(21)22/h7-8,12,14-15H,1-6,9-10H2,(H,21,22). The molecule has 3 unspecified atom stereocenters. The van der Waals surface area contributed by atoms with Crippen LogP contribution in [0.4, 0.5) is 0 Å². The van der Waals surface area contributed by atoms with Crippen LogP contribution in [0.2, 0.25) is 0 Å². The molecule has 2 aliphatic heterocycles. The van der Waals surface area contributed by atoms with Gasteiger partial charge in [-0.1, -0.05) is 12.8 Å². The fourth-order valence-electron chi connectivity index (χ4n) is 4.49. The number of rotatable bonds is 3. The van der Waals surface area contributed by atoms with E-state index < -0.39 is 5.97 Å². The molecule has 130 valence electrons. The van der Waals surface area contributed by atoms with Crippen LogP contribution in [0.5, 0.6) is 11.5 Å². The van der Waals surface area contributed by atoms with Gasteiger partial charge in [0.1, 0.15) is 19.3 Å². The molecular weight excluding hydrogens is 374 g/mol. The first kappa shape index (κ1) is 16.2. The van der Waals surface area contributed by atoms with Gasteiger partial charge in [-0.25, -0.2) is 0 Å². The van der Waals surface area contributed by atoms with Crippen LogP contribution in [-0.4, -0.2) is 41.3 Å². The van der Waals surface area contributed by atoms with Gasteiger partial charge in [-0.05, 0) is 58.8 Å². The Labute approximate surface area is 150 Å². The van der Waals surface area contributed by atoms with Gasteiger partial charge in [-0.15, -0.1) is 0 Å². The second kappa shape index (κ2) is 6.56. The van der Waals surface area contributed by atoms with E-state index in [2.05, 4.69) is 20.8 Å². The number of hydrogen-bond donors (Lipinski definition) is 1. The van der Waals surface area contributed by atoms with Crippen LogP contribution in [0.15, 0.2) is 16.6 Å². The number of fused-ring (bicyclic) bond motifs is 2. The Morgan fingerprint density at radius 1 is 1.25 bits per heavy atom. The Kier molecular flexibility index (Phi) is 4.43. The zero-order valence-corrected chi connectivity index (χ0v) is 15.1. The summed E-state index contributed by atoms with van der Waals surface area (Å²) in [6.07, 6.45) is 5.49. The van der Waals surface area contributed by atoms with Crippen LogP contribution in [-0.2, 0) is 11.3 Å². The Bertz CT molecular complexity index is 650. The van der Waals surface area contributed by atoms with E-state index in [9.17, 15) is 9.90 Å². The minimum atomic E-state index is -0.694. The quantitative estimate of drug-likeness (QED) is 0.849. The third kappa shape index (κ3) is 2.90. The molecule has 1 saturated heterocycles. The maximum Gasteiger partial charge on any atom is 0.320 e. The molecule has 1 aromatic carbocycles. The lowest BCUT2D eigenvalue weighted by atomic mass is 9.84. The third-order valence-corrected chi connectivity index (χ3v) is 6.12. The van der Waals surface area contributed by atoms with Crippen molar-refractivity contribution in [1.29, 1.82) is 0 Å². The Morgan fingerprint density at radius 3 is 2.88 bits per heavy atom. The highest BCUT2D eigenvalue weighted by Crippen LogP contribution is 2.43. The van der Waals surface area contributed by atoms with E-state index in [-0.39, 0.29) is 6.04 Å². The van der Waals surface area contributed by atoms with E-state index in [0.717, 1.165) is 40.8 Å². The number of hydrogen-bond acceptors (Lipinski definition) is 4. The normalized spacial score (nSPS) is 29.3. The fraction of sp³-hybridized carbons (Fsp3) is 0.611. The van der Waals surface area contributed by atoms with Crippen molar-refractivity contribution >= 4 is 21.9 Å². The number of nitrogens with zero attached hydrogens (tertiary/aromatic N) is 1. The summed E-state index contributed by atoms with van der Waals surface area (Å²) in [5, 5.41) is 9.66. The van der Waals surface area contributed by atoms with Gasteiger partial charge in [-0.3, -0.25) is 9.69 Å². The first-order valence-electron chi connectivity index (χ1n) is 8.70. The van der Waals surface area contributed by atoms with E-state index in [1.807, 2.05) is 12.1 Å². The van der Waals surface area contributed by atoms with Gasteiger partial charge >= 0.3 is 5.97 Å². The topological polar surface area (TPSA) is 59.0 Å². The van der Waals surface area contributed by atoms with Crippen LogP contribution in [0.1, 0.15) is 37.7 Å². The largest absolute Gasteiger partial charge is 0.486 e. The molecule has 1 aliphatic carbocycles. The molecule has 1 aromatic rings. The maximum atomic E-state index is 11.7. The van der Waals surface area contributed by atoms with Gasteiger partial charge in [-0.2, -0.15) is 0 Å². The van der Waals surface area contributed by atoms with E-state index >= 15 is 0 Å². The van der Waals surface area contributed by atoms with E-state index in [4.69, 9.17) is 9.47 Å². The highest BCUT2D eigenvalue weighted by atomic mass is 79.9. The van der Waals surface area contributed by atoms with Crippen molar-refractivity contribution in [2.45, 2.75) is 50.7 Å². The van der Waals surface area contributed by atoms with Gasteiger partial charge in [0.25, 0.3) is 0 Å². The second-order valence-corrected chi connectivity index (χ2v) is 7.83. The molecule has 24 heavy (non-hydrogen) atoms. The van der Waals surface area contributed by atoms with Crippen molar-refractivity contribution in [3.8, 4) is 11.5 Å².